The van der Waals surface area contributed by atoms with Gasteiger partial charge in [0.15, 0.2) is 0 Å². The fourth-order valence-electron chi connectivity index (χ4n) is 3.28. The van der Waals surface area contributed by atoms with Crippen LogP contribution in [0, 0.1) is 5.92 Å². The summed E-state index contributed by atoms with van der Waals surface area (Å²) in [6.45, 7) is 1.98. The SMILES string of the molecule is CN(C)CC1CSCCCN1C(=O)C1CCCCC1. The molecule has 0 spiro atoms. The molecule has 110 valence electrons. The molecule has 4 heteroatoms. The number of carbonyl (C=O) groups is 1. The molecule has 1 heterocycles. The van der Waals surface area contributed by atoms with Gasteiger partial charge >= 0.3 is 0 Å². The highest BCUT2D eigenvalue weighted by molar-refractivity contribution is 7.99. The molecule has 3 nitrogen and oxygen atoms in total. The predicted molar refractivity (Wildman–Crippen MR) is 82.6 cm³/mol. The van der Waals surface area contributed by atoms with Crippen molar-refractivity contribution in [2.75, 3.05) is 38.7 Å². The number of rotatable bonds is 3. The Bertz CT molecular complexity index is 290. The molecule has 0 radical (unpaired) electrons. The number of thioether (sulfide) groups is 1. The van der Waals surface area contributed by atoms with Gasteiger partial charge in [-0.15, -0.1) is 0 Å². The molecule has 0 N–H and O–H groups in total. The lowest BCUT2D eigenvalue weighted by molar-refractivity contribution is -0.138. The molecule has 1 saturated heterocycles. The van der Waals surface area contributed by atoms with Crippen LogP contribution >= 0.6 is 11.8 Å². The van der Waals surface area contributed by atoms with Gasteiger partial charge in [-0.3, -0.25) is 4.79 Å². The largest absolute Gasteiger partial charge is 0.337 e. The Morgan fingerprint density at radius 2 is 1.95 bits per heavy atom. The van der Waals surface area contributed by atoms with E-state index < -0.39 is 0 Å². The standard InChI is InChI=1S/C15H28N2OS/c1-16(2)11-14-12-19-10-6-9-17(14)15(18)13-7-4-3-5-8-13/h13-14H,3-12H2,1-2H3. The summed E-state index contributed by atoms with van der Waals surface area (Å²) in [5, 5.41) is 0. The van der Waals surface area contributed by atoms with Crippen molar-refractivity contribution in [3.05, 3.63) is 0 Å². The Morgan fingerprint density at radius 3 is 2.63 bits per heavy atom. The number of nitrogens with zero attached hydrogens (tertiary/aromatic N) is 2. The molecule has 1 amide bonds. The molecule has 0 aromatic carbocycles. The Balaban J connectivity index is 2.01. The summed E-state index contributed by atoms with van der Waals surface area (Å²) in [7, 11) is 4.22. The first-order chi connectivity index (χ1) is 9.18. The summed E-state index contributed by atoms with van der Waals surface area (Å²) in [5.74, 6) is 3.09. The molecule has 2 fully saturated rings. The topological polar surface area (TPSA) is 23.6 Å². The van der Waals surface area contributed by atoms with E-state index in [1.54, 1.807) is 0 Å². The third kappa shape index (κ3) is 4.38. The normalized spacial score (nSPS) is 26.5. The van der Waals surface area contributed by atoms with Gasteiger partial charge in [0.25, 0.3) is 0 Å². The van der Waals surface area contributed by atoms with Crippen LogP contribution in [0.3, 0.4) is 0 Å². The lowest BCUT2D eigenvalue weighted by atomic mass is 9.88. The maximum Gasteiger partial charge on any atom is 0.226 e. The van der Waals surface area contributed by atoms with Gasteiger partial charge in [-0.2, -0.15) is 11.8 Å². The summed E-state index contributed by atoms with van der Waals surface area (Å²) in [4.78, 5) is 17.2. The van der Waals surface area contributed by atoms with Crippen LogP contribution in [0.4, 0.5) is 0 Å². The third-order valence-electron chi connectivity index (χ3n) is 4.25. The first kappa shape index (κ1) is 15.2. The van der Waals surface area contributed by atoms with Crippen LogP contribution in [-0.2, 0) is 4.79 Å². The predicted octanol–water partition coefficient (Wildman–Crippen LogP) is 2.46. The van der Waals surface area contributed by atoms with Gasteiger partial charge in [-0.1, -0.05) is 19.3 Å². The average molecular weight is 284 g/mol. The zero-order valence-electron chi connectivity index (χ0n) is 12.4. The van der Waals surface area contributed by atoms with E-state index in [1.165, 1.54) is 25.0 Å². The number of likely N-dealkylation sites (N-methyl/N-ethyl adjacent to an activating group) is 1. The van der Waals surface area contributed by atoms with E-state index in [0.717, 1.165) is 38.1 Å². The van der Waals surface area contributed by atoms with Gasteiger partial charge in [0.1, 0.15) is 0 Å². The van der Waals surface area contributed by atoms with Gasteiger partial charge in [0.05, 0.1) is 6.04 Å². The van der Waals surface area contributed by atoms with Crippen LogP contribution in [0.5, 0.6) is 0 Å². The van der Waals surface area contributed by atoms with Crippen molar-refractivity contribution in [2.45, 2.75) is 44.6 Å². The minimum absolute atomic E-state index is 0.321. The van der Waals surface area contributed by atoms with E-state index in [0.29, 0.717) is 17.9 Å². The second-order valence-corrected chi connectivity index (χ2v) is 7.36. The van der Waals surface area contributed by atoms with Crippen molar-refractivity contribution in [3.63, 3.8) is 0 Å². The molecular weight excluding hydrogens is 256 g/mol. The highest BCUT2D eigenvalue weighted by atomic mass is 32.2. The molecule has 1 atom stereocenters. The summed E-state index contributed by atoms with van der Waals surface area (Å²) in [6.07, 6.45) is 7.22. The molecular formula is C15H28N2OS. The summed E-state index contributed by atoms with van der Waals surface area (Å²) < 4.78 is 0. The molecule has 1 aliphatic carbocycles. The summed E-state index contributed by atoms with van der Waals surface area (Å²) in [6, 6.07) is 0.414. The molecule has 19 heavy (non-hydrogen) atoms. The second-order valence-electron chi connectivity index (χ2n) is 6.21. The van der Waals surface area contributed by atoms with E-state index in [1.807, 2.05) is 11.8 Å². The maximum absolute atomic E-state index is 12.8. The lowest BCUT2D eigenvalue weighted by Crippen LogP contribution is -2.49. The zero-order valence-corrected chi connectivity index (χ0v) is 13.3. The number of hydrogen-bond donors (Lipinski definition) is 0. The molecule has 0 bridgehead atoms. The number of carbonyl (C=O) groups excluding carboxylic acids is 1. The van der Waals surface area contributed by atoms with E-state index in [4.69, 9.17) is 0 Å². The van der Waals surface area contributed by atoms with Crippen molar-refractivity contribution >= 4 is 17.7 Å². The van der Waals surface area contributed by atoms with Gasteiger partial charge in [0, 0.05) is 24.8 Å². The number of hydrogen-bond acceptors (Lipinski definition) is 3. The Morgan fingerprint density at radius 1 is 1.21 bits per heavy atom. The highest BCUT2D eigenvalue weighted by Crippen LogP contribution is 2.27. The lowest BCUT2D eigenvalue weighted by Gasteiger charge is -2.35. The first-order valence-corrected chi connectivity index (χ1v) is 8.87. The quantitative estimate of drug-likeness (QED) is 0.795. The smallest absolute Gasteiger partial charge is 0.226 e. The molecule has 2 rings (SSSR count). The van der Waals surface area contributed by atoms with Crippen LogP contribution in [0.25, 0.3) is 0 Å². The van der Waals surface area contributed by atoms with E-state index >= 15 is 0 Å². The van der Waals surface area contributed by atoms with Gasteiger partial charge in [0.2, 0.25) is 5.91 Å². The summed E-state index contributed by atoms with van der Waals surface area (Å²) >= 11 is 2.01. The minimum Gasteiger partial charge on any atom is -0.337 e. The van der Waals surface area contributed by atoms with Crippen molar-refractivity contribution in [2.24, 2.45) is 5.92 Å². The van der Waals surface area contributed by atoms with Crippen molar-refractivity contribution in [1.82, 2.24) is 9.80 Å². The van der Waals surface area contributed by atoms with E-state index in [9.17, 15) is 4.79 Å². The monoisotopic (exact) mass is 284 g/mol. The molecule has 1 saturated carbocycles. The first-order valence-electron chi connectivity index (χ1n) is 7.71. The van der Waals surface area contributed by atoms with Crippen molar-refractivity contribution in [1.29, 1.82) is 0 Å². The van der Waals surface area contributed by atoms with Crippen molar-refractivity contribution in [3.8, 4) is 0 Å². The minimum atomic E-state index is 0.321. The van der Waals surface area contributed by atoms with Crippen LogP contribution in [-0.4, -0.2) is 60.4 Å². The molecule has 1 aliphatic heterocycles. The Labute approximate surface area is 122 Å². The van der Waals surface area contributed by atoms with Gasteiger partial charge in [-0.05, 0) is 39.1 Å². The highest BCUT2D eigenvalue weighted by Gasteiger charge is 2.31. The van der Waals surface area contributed by atoms with E-state index in [-0.39, 0.29) is 0 Å². The fourth-order valence-corrected chi connectivity index (χ4v) is 4.33. The third-order valence-corrected chi connectivity index (χ3v) is 5.45. The Hall–Kier alpha value is -0.220. The average Bonchev–Trinajstić information content (AvgIpc) is 2.64. The van der Waals surface area contributed by atoms with Gasteiger partial charge < -0.3 is 9.80 Å². The van der Waals surface area contributed by atoms with Gasteiger partial charge in [-0.25, -0.2) is 0 Å². The second kappa shape index (κ2) is 7.53. The van der Waals surface area contributed by atoms with Crippen molar-refractivity contribution < 1.29 is 4.79 Å². The number of amides is 1. The zero-order chi connectivity index (χ0) is 13.7. The van der Waals surface area contributed by atoms with Crippen LogP contribution in [0.1, 0.15) is 38.5 Å². The summed E-state index contributed by atoms with van der Waals surface area (Å²) in [5.41, 5.74) is 0. The van der Waals surface area contributed by atoms with Crippen LogP contribution in [0.15, 0.2) is 0 Å². The molecule has 1 unspecified atom stereocenters. The fraction of sp³-hybridized carbons (Fsp3) is 0.933. The molecule has 0 aromatic rings. The van der Waals surface area contributed by atoms with Crippen LogP contribution in [0.2, 0.25) is 0 Å². The van der Waals surface area contributed by atoms with Crippen LogP contribution < -0.4 is 0 Å². The maximum atomic E-state index is 12.8. The Kier molecular flexibility index (Phi) is 6.02. The van der Waals surface area contributed by atoms with E-state index in [2.05, 4.69) is 23.9 Å². The molecule has 2 aliphatic rings. The molecule has 0 aromatic heterocycles.